The molecule has 0 radical (unpaired) electrons. The van der Waals surface area contributed by atoms with Crippen LogP contribution >= 0.6 is 0 Å². The minimum Gasteiger partial charge on any atom is -0.360 e. The highest BCUT2D eigenvalue weighted by atomic mass is 16.5. The van der Waals surface area contributed by atoms with E-state index in [4.69, 9.17) is 4.52 Å². The van der Waals surface area contributed by atoms with E-state index in [1.807, 2.05) is 31.2 Å². The van der Waals surface area contributed by atoms with Gasteiger partial charge in [0.1, 0.15) is 11.6 Å². The summed E-state index contributed by atoms with van der Waals surface area (Å²) in [5, 5.41) is 6.75. The Labute approximate surface area is 133 Å². The molecule has 0 unspecified atom stereocenters. The average molecular weight is 310 g/mol. The molecule has 1 aromatic carbocycles. The van der Waals surface area contributed by atoms with Crippen LogP contribution in [0.3, 0.4) is 0 Å². The maximum absolute atomic E-state index is 12.1. The molecule has 1 saturated carbocycles. The molecule has 23 heavy (non-hydrogen) atoms. The van der Waals surface area contributed by atoms with E-state index in [2.05, 4.69) is 20.0 Å². The summed E-state index contributed by atoms with van der Waals surface area (Å²) in [6.45, 7) is 3.17. The maximum Gasteiger partial charge on any atom is 0.273 e. The largest absolute Gasteiger partial charge is 0.360 e. The second kappa shape index (κ2) is 5.53. The van der Waals surface area contributed by atoms with Crippen LogP contribution in [0.2, 0.25) is 0 Å². The third-order valence-corrected chi connectivity index (χ3v) is 4.21. The molecule has 2 aromatic heterocycles. The van der Waals surface area contributed by atoms with Crippen LogP contribution in [0.5, 0.6) is 0 Å². The van der Waals surface area contributed by atoms with Crippen molar-refractivity contribution in [3.63, 3.8) is 0 Å². The minimum absolute atomic E-state index is 0.192. The van der Waals surface area contributed by atoms with E-state index in [9.17, 15) is 4.79 Å². The first-order chi connectivity index (χ1) is 11.2. The fourth-order valence-electron chi connectivity index (χ4n) is 2.81. The third kappa shape index (κ3) is 2.72. The van der Waals surface area contributed by atoms with E-state index in [1.54, 1.807) is 6.07 Å². The molecule has 1 amide bonds. The van der Waals surface area contributed by atoms with Gasteiger partial charge in [0.2, 0.25) is 0 Å². The van der Waals surface area contributed by atoms with Crippen LogP contribution in [-0.4, -0.2) is 27.2 Å². The summed E-state index contributed by atoms with van der Waals surface area (Å²) >= 11 is 0. The predicted molar refractivity (Wildman–Crippen MR) is 85.3 cm³/mol. The van der Waals surface area contributed by atoms with Crippen molar-refractivity contribution in [3.8, 4) is 0 Å². The Hall–Kier alpha value is -2.63. The number of amides is 1. The van der Waals surface area contributed by atoms with Crippen LogP contribution < -0.4 is 5.32 Å². The number of nitrogens with zero attached hydrogens (tertiary/aromatic N) is 3. The van der Waals surface area contributed by atoms with Gasteiger partial charge in [-0.15, -0.1) is 0 Å². The summed E-state index contributed by atoms with van der Waals surface area (Å²) in [6.07, 6.45) is 2.26. The summed E-state index contributed by atoms with van der Waals surface area (Å²) in [5.74, 6) is 2.04. The molecule has 0 saturated heterocycles. The van der Waals surface area contributed by atoms with Crippen LogP contribution in [0.4, 0.5) is 0 Å². The lowest BCUT2D eigenvalue weighted by Crippen LogP contribution is -2.27. The Bertz CT molecular complexity index is 860. The highest BCUT2D eigenvalue weighted by Gasteiger charge is 2.28. The summed E-state index contributed by atoms with van der Waals surface area (Å²) in [4.78, 5) is 16.6. The lowest BCUT2D eigenvalue weighted by molar-refractivity contribution is 0.0943. The van der Waals surface area contributed by atoms with Crippen molar-refractivity contribution in [1.82, 2.24) is 20.0 Å². The fraction of sp³-hybridized carbons (Fsp3) is 0.353. The van der Waals surface area contributed by atoms with E-state index in [1.165, 1.54) is 0 Å². The van der Waals surface area contributed by atoms with Crippen molar-refractivity contribution >= 4 is 16.9 Å². The van der Waals surface area contributed by atoms with Gasteiger partial charge >= 0.3 is 0 Å². The molecule has 6 heteroatoms. The van der Waals surface area contributed by atoms with Crippen molar-refractivity contribution in [2.75, 3.05) is 6.54 Å². The number of imidazole rings is 1. The monoisotopic (exact) mass is 310 g/mol. The second-order valence-electron chi connectivity index (χ2n) is 5.94. The standard InChI is InChI=1S/C17H18N4O2/c1-11-19-13-4-2-3-5-15(13)21(11)9-8-18-17(22)14-10-16(23-20-14)12-6-7-12/h2-5,10,12H,6-9H2,1H3,(H,18,22). The highest BCUT2D eigenvalue weighted by Crippen LogP contribution is 2.40. The number of para-hydroxylation sites is 2. The molecule has 4 rings (SSSR count). The zero-order valence-electron chi connectivity index (χ0n) is 13.0. The molecule has 6 nitrogen and oxygen atoms in total. The van der Waals surface area contributed by atoms with Gasteiger partial charge in [-0.1, -0.05) is 17.3 Å². The van der Waals surface area contributed by atoms with Gasteiger partial charge in [0.25, 0.3) is 5.91 Å². The quantitative estimate of drug-likeness (QED) is 0.786. The molecule has 3 aromatic rings. The number of hydrogen-bond acceptors (Lipinski definition) is 4. The zero-order chi connectivity index (χ0) is 15.8. The number of hydrogen-bond donors (Lipinski definition) is 1. The van der Waals surface area contributed by atoms with Gasteiger partial charge in [-0.25, -0.2) is 4.98 Å². The van der Waals surface area contributed by atoms with Crippen molar-refractivity contribution in [3.05, 3.63) is 47.6 Å². The van der Waals surface area contributed by atoms with E-state index in [-0.39, 0.29) is 5.91 Å². The summed E-state index contributed by atoms with van der Waals surface area (Å²) < 4.78 is 7.32. The van der Waals surface area contributed by atoms with Gasteiger partial charge in [-0.05, 0) is 31.9 Å². The van der Waals surface area contributed by atoms with Crippen LogP contribution in [0, 0.1) is 6.92 Å². The molecule has 0 spiro atoms. The Balaban J connectivity index is 1.40. The maximum atomic E-state index is 12.1. The number of rotatable bonds is 5. The van der Waals surface area contributed by atoms with E-state index in [0.717, 1.165) is 35.5 Å². The highest BCUT2D eigenvalue weighted by molar-refractivity contribution is 5.92. The van der Waals surface area contributed by atoms with Crippen LogP contribution in [0.1, 0.15) is 40.8 Å². The summed E-state index contributed by atoms with van der Waals surface area (Å²) in [7, 11) is 0. The number of carbonyl (C=O) groups is 1. The van der Waals surface area contributed by atoms with Gasteiger partial charge in [0.15, 0.2) is 5.69 Å². The molecular formula is C17H18N4O2. The van der Waals surface area contributed by atoms with E-state index < -0.39 is 0 Å². The number of nitrogens with one attached hydrogen (secondary N) is 1. The summed E-state index contributed by atoms with van der Waals surface area (Å²) in [6, 6.07) is 9.75. The minimum atomic E-state index is -0.192. The Morgan fingerprint density at radius 2 is 2.22 bits per heavy atom. The Morgan fingerprint density at radius 1 is 1.39 bits per heavy atom. The smallest absolute Gasteiger partial charge is 0.273 e. The SMILES string of the molecule is Cc1nc2ccccc2n1CCNC(=O)c1cc(C2CC2)on1. The van der Waals surface area contributed by atoms with Crippen LogP contribution in [0.25, 0.3) is 11.0 Å². The molecule has 1 fully saturated rings. The third-order valence-electron chi connectivity index (χ3n) is 4.21. The van der Waals surface area contributed by atoms with Crippen molar-refractivity contribution in [2.24, 2.45) is 0 Å². The van der Waals surface area contributed by atoms with Crippen LogP contribution in [-0.2, 0) is 6.54 Å². The van der Waals surface area contributed by atoms with Gasteiger partial charge in [-0.3, -0.25) is 4.79 Å². The Kier molecular flexibility index (Phi) is 3.37. The van der Waals surface area contributed by atoms with E-state index in [0.29, 0.717) is 24.7 Å². The number of carbonyl (C=O) groups excluding carboxylic acids is 1. The van der Waals surface area contributed by atoms with Crippen molar-refractivity contribution in [2.45, 2.75) is 32.2 Å². The number of benzene rings is 1. The van der Waals surface area contributed by atoms with Crippen molar-refractivity contribution < 1.29 is 9.32 Å². The van der Waals surface area contributed by atoms with Gasteiger partial charge in [0.05, 0.1) is 11.0 Å². The lowest BCUT2D eigenvalue weighted by Gasteiger charge is -2.07. The van der Waals surface area contributed by atoms with E-state index >= 15 is 0 Å². The summed E-state index contributed by atoms with van der Waals surface area (Å²) in [5.41, 5.74) is 2.41. The Morgan fingerprint density at radius 3 is 3.04 bits per heavy atom. The number of aryl methyl sites for hydroxylation is 1. The predicted octanol–water partition coefficient (Wildman–Crippen LogP) is 2.64. The fourth-order valence-corrected chi connectivity index (χ4v) is 2.81. The molecular weight excluding hydrogens is 292 g/mol. The van der Waals surface area contributed by atoms with Crippen molar-refractivity contribution in [1.29, 1.82) is 0 Å². The molecule has 2 heterocycles. The van der Waals surface area contributed by atoms with Gasteiger partial charge in [-0.2, -0.15) is 0 Å². The normalized spacial score (nSPS) is 14.3. The first-order valence-electron chi connectivity index (χ1n) is 7.89. The van der Waals surface area contributed by atoms with Gasteiger partial charge < -0.3 is 14.4 Å². The number of fused-ring (bicyclic) bond motifs is 1. The molecule has 0 aliphatic heterocycles. The first kappa shape index (κ1) is 14.0. The first-order valence-corrected chi connectivity index (χ1v) is 7.89. The molecule has 1 aliphatic rings. The lowest BCUT2D eigenvalue weighted by atomic mass is 10.3. The van der Waals surface area contributed by atoms with Crippen LogP contribution in [0.15, 0.2) is 34.9 Å². The second-order valence-corrected chi connectivity index (χ2v) is 5.94. The number of aromatic nitrogens is 3. The molecule has 118 valence electrons. The molecule has 0 atom stereocenters. The molecule has 0 bridgehead atoms. The molecule has 1 N–H and O–H groups in total. The molecule has 1 aliphatic carbocycles. The topological polar surface area (TPSA) is 73.0 Å². The zero-order valence-corrected chi connectivity index (χ0v) is 13.0. The van der Waals surface area contributed by atoms with Gasteiger partial charge in [0, 0.05) is 25.1 Å². The average Bonchev–Trinajstić information content (AvgIpc) is 3.19.